The molecule has 0 aliphatic carbocycles. The van der Waals surface area contributed by atoms with E-state index >= 15 is 0 Å². The lowest BCUT2D eigenvalue weighted by Crippen LogP contribution is -2.34. The van der Waals surface area contributed by atoms with E-state index in [1.54, 1.807) is 6.07 Å². The van der Waals surface area contributed by atoms with Crippen LogP contribution in [0.4, 0.5) is 10.1 Å². The summed E-state index contributed by atoms with van der Waals surface area (Å²) >= 11 is 0. The third kappa shape index (κ3) is 4.03. The summed E-state index contributed by atoms with van der Waals surface area (Å²) in [4.78, 5) is 18.1. The van der Waals surface area contributed by atoms with Gasteiger partial charge in [0.15, 0.2) is 17.8 Å². The molecule has 4 heterocycles. The van der Waals surface area contributed by atoms with E-state index in [4.69, 9.17) is 14.2 Å². The molecule has 2 aromatic heterocycles. The van der Waals surface area contributed by atoms with Crippen molar-refractivity contribution in [3.8, 4) is 28.3 Å². The molecule has 9 heteroatoms. The first-order valence-corrected chi connectivity index (χ1v) is 11.3. The number of pyridine rings is 1. The molecule has 178 valence electrons. The first-order valence-electron chi connectivity index (χ1n) is 11.3. The van der Waals surface area contributed by atoms with E-state index in [1.807, 2.05) is 48.5 Å². The predicted molar refractivity (Wildman–Crippen MR) is 127 cm³/mol. The topological polar surface area (TPSA) is 106 Å². The Kier molecular flexibility index (Phi) is 5.44. The molecule has 0 bridgehead atoms. The van der Waals surface area contributed by atoms with Crippen molar-refractivity contribution in [1.82, 2.24) is 9.97 Å². The second kappa shape index (κ2) is 8.77. The Morgan fingerprint density at radius 1 is 1.00 bits per heavy atom. The van der Waals surface area contributed by atoms with Crippen LogP contribution in [0.1, 0.15) is 0 Å². The fourth-order valence-corrected chi connectivity index (χ4v) is 4.63. The standard InChI is InChI=1S/C26H22FN3O5/c27-18-9-19-20(10-23(29-19)35-22-12-34-25-21(32)11-33-26(22)25)30-24(18)16-3-1-14(2-4-16)15-5-7-17(8-6-15)28-13-31/h1-10,13,21-22,25-26,29,32H,11-12H2,(H,28,31)/t21?,22?,25-,26-/m1/s1. The third-order valence-corrected chi connectivity index (χ3v) is 6.39. The van der Waals surface area contributed by atoms with Crippen LogP contribution in [0, 0.1) is 5.82 Å². The van der Waals surface area contributed by atoms with Crippen LogP contribution in [-0.2, 0) is 14.3 Å². The lowest BCUT2D eigenvalue weighted by Gasteiger charge is -2.16. The number of aromatic amines is 1. The molecule has 3 N–H and O–H groups in total. The van der Waals surface area contributed by atoms with Gasteiger partial charge in [-0.2, -0.15) is 0 Å². The highest BCUT2D eigenvalue weighted by atomic mass is 19.1. The van der Waals surface area contributed by atoms with Crippen LogP contribution in [0.3, 0.4) is 0 Å². The van der Waals surface area contributed by atoms with Crippen molar-refractivity contribution in [2.75, 3.05) is 18.5 Å². The molecule has 2 aliphatic rings. The van der Waals surface area contributed by atoms with Gasteiger partial charge in [0.1, 0.15) is 24.0 Å². The van der Waals surface area contributed by atoms with E-state index < -0.39 is 11.9 Å². The summed E-state index contributed by atoms with van der Waals surface area (Å²) < 4.78 is 32.1. The number of halogens is 1. The van der Waals surface area contributed by atoms with Crippen molar-refractivity contribution in [3.63, 3.8) is 0 Å². The molecule has 35 heavy (non-hydrogen) atoms. The number of aliphatic hydroxyl groups excluding tert-OH is 1. The lowest BCUT2D eigenvalue weighted by molar-refractivity contribution is -0.105. The van der Waals surface area contributed by atoms with E-state index in [9.17, 15) is 14.3 Å². The SMILES string of the molecule is O=CNc1ccc(-c2ccc(-c3nc4cc(OC5CO[C@@H]6C(O)CO[C@H]56)[nH]c4cc3F)cc2)cc1. The number of anilines is 1. The van der Waals surface area contributed by atoms with Crippen LogP contribution in [0.25, 0.3) is 33.4 Å². The van der Waals surface area contributed by atoms with Gasteiger partial charge in [-0.15, -0.1) is 0 Å². The van der Waals surface area contributed by atoms with Gasteiger partial charge >= 0.3 is 0 Å². The molecule has 0 spiro atoms. The highest BCUT2D eigenvalue weighted by Crippen LogP contribution is 2.32. The minimum Gasteiger partial charge on any atom is -0.470 e. The molecular weight excluding hydrogens is 453 g/mol. The van der Waals surface area contributed by atoms with Gasteiger partial charge in [0, 0.05) is 23.4 Å². The molecule has 4 atom stereocenters. The van der Waals surface area contributed by atoms with Gasteiger partial charge in [-0.05, 0) is 23.3 Å². The van der Waals surface area contributed by atoms with Crippen LogP contribution < -0.4 is 10.1 Å². The van der Waals surface area contributed by atoms with E-state index in [0.29, 0.717) is 41.2 Å². The minimum atomic E-state index is -0.653. The van der Waals surface area contributed by atoms with E-state index in [1.165, 1.54) is 6.07 Å². The monoisotopic (exact) mass is 475 g/mol. The van der Waals surface area contributed by atoms with Crippen LogP contribution >= 0.6 is 0 Å². The Morgan fingerprint density at radius 2 is 1.69 bits per heavy atom. The van der Waals surface area contributed by atoms with Gasteiger partial charge in [0.25, 0.3) is 0 Å². The normalized spacial score (nSPS) is 23.4. The zero-order valence-corrected chi connectivity index (χ0v) is 18.5. The van der Waals surface area contributed by atoms with Crippen molar-refractivity contribution in [1.29, 1.82) is 0 Å². The summed E-state index contributed by atoms with van der Waals surface area (Å²) in [6.45, 7) is 0.525. The Morgan fingerprint density at radius 3 is 2.43 bits per heavy atom. The van der Waals surface area contributed by atoms with Gasteiger partial charge in [0.2, 0.25) is 6.41 Å². The number of amides is 1. The average molecular weight is 475 g/mol. The van der Waals surface area contributed by atoms with Crippen molar-refractivity contribution < 1.29 is 28.5 Å². The number of fused-ring (bicyclic) bond motifs is 2. The summed E-state index contributed by atoms with van der Waals surface area (Å²) in [6, 6.07) is 18.0. The number of nitrogens with one attached hydrogen (secondary N) is 2. The second-order valence-electron chi connectivity index (χ2n) is 8.62. The molecule has 2 saturated heterocycles. The number of carbonyl (C=O) groups excluding carboxylic acids is 1. The fourth-order valence-electron chi connectivity index (χ4n) is 4.63. The summed E-state index contributed by atoms with van der Waals surface area (Å²) in [5.41, 5.74) is 4.63. The maximum absolute atomic E-state index is 15.0. The molecule has 8 nitrogen and oxygen atoms in total. The predicted octanol–water partition coefficient (Wildman–Crippen LogP) is 3.51. The highest BCUT2D eigenvalue weighted by Gasteiger charge is 2.48. The van der Waals surface area contributed by atoms with Crippen LogP contribution in [0.2, 0.25) is 0 Å². The quantitative estimate of drug-likeness (QED) is 0.369. The summed E-state index contributed by atoms with van der Waals surface area (Å²) in [5, 5.41) is 12.5. The van der Waals surface area contributed by atoms with Crippen LogP contribution in [0.5, 0.6) is 5.88 Å². The highest BCUT2D eigenvalue weighted by molar-refractivity contribution is 5.81. The molecule has 2 unspecified atom stereocenters. The first kappa shape index (κ1) is 21.7. The number of nitrogens with zero attached hydrogens (tertiary/aromatic N) is 1. The second-order valence-corrected chi connectivity index (χ2v) is 8.62. The van der Waals surface area contributed by atoms with E-state index in [0.717, 1.165) is 11.1 Å². The van der Waals surface area contributed by atoms with E-state index in [2.05, 4.69) is 15.3 Å². The third-order valence-electron chi connectivity index (χ3n) is 6.39. The number of hydrogen-bond acceptors (Lipinski definition) is 6. The first-order chi connectivity index (χ1) is 17.1. The molecular formula is C26H22FN3O5. The zero-order valence-electron chi connectivity index (χ0n) is 18.5. The fraction of sp³-hybridized carbons (Fsp3) is 0.231. The Balaban J connectivity index is 1.22. The molecule has 2 aliphatic heterocycles. The number of H-pyrrole nitrogens is 1. The average Bonchev–Trinajstić information content (AvgIpc) is 3.56. The number of carbonyl (C=O) groups is 1. The minimum absolute atomic E-state index is 0.222. The number of ether oxygens (including phenoxy) is 3. The maximum Gasteiger partial charge on any atom is 0.211 e. The van der Waals surface area contributed by atoms with Gasteiger partial charge in [0.05, 0.1) is 24.2 Å². The Bertz CT molecular complexity index is 1370. The molecule has 0 saturated carbocycles. The largest absolute Gasteiger partial charge is 0.470 e. The maximum atomic E-state index is 15.0. The summed E-state index contributed by atoms with van der Waals surface area (Å²) in [6.07, 6.45) is -1.12. The van der Waals surface area contributed by atoms with Crippen molar-refractivity contribution in [2.45, 2.75) is 24.4 Å². The van der Waals surface area contributed by atoms with Crippen LogP contribution in [0.15, 0.2) is 60.7 Å². The van der Waals surface area contributed by atoms with Gasteiger partial charge in [-0.1, -0.05) is 36.4 Å². The number of aliphatic hydroxyl groups is 1. The van der Waals surface area contributed by atoms with Gasteiger partial charge in [-0.25, -0.2) is 9.37 Å². The molecule has 2 fully saturated rings. The van der Waals surface area contributed by atoms with Crippen LogP contribution in [-0.4, -0.2) is 59.1 Å². The molecule has 1 amide bonds. The Hall–Kier alpha value is -3.79. The summed E-state index contributed by atoms with van der Waals surface area (Å²) in [7, 11) is 0. The molecule has 4 aromatic rings. The number of hydrogen-bond donors (Lipinski definition) is 3. The van der Waals surface area contributed by atoms with E-state index in [-0.39, 0.29) is 30.6 Å². The molecule has 6 rings (SSSR count). The zero-order chi connectivity index (χ0) is 23.9. The smallest absolute Gasteiger partial charge is 0.211 e. The van der Waals surface area contributed by atoms with Crippen molar-refractivity contribution in [3.05, 3.63) is 66.5 Å². The van der Waals surface area contributed by atoms with Crippen molar-refractivity contribution in [2.24, 2.45) is 0 Å². The Labute approximate surface area is 199 Å². The summed E-state index contributed by atoms with van der Waals surface area (Å²) in [5.74, 6) is -0.0133. The van der Waals surface area contributed by atoms with Gasteiger partial charge < -0.3 is 29.6 Å². The van der Waals surface area contributed by atoms with Gasteiger partial charge in [-0.3, -0.25) is 4.79 Å². The van der Waals surface area contributed by atoms with Crippen molar-refractivity contribution >= 4 is 23.1 Å². The number of rotatable bonds is 6. The molecule has 2 aromatic carbocycles. The number of aromatic nitrogens is 2. The lowest BCUT2D eigenvalue weighted by atomic mass is 10.0. The number of benzene rings is 2. The molecule has 0 radical (unpaired) electrons.